The fourth-order valence-corrected chi connectivity index (χ4v) is 5.95. The van der Waals surface area contributed by atoms with E-state index in [-0.39, 0.29) is 19.4 Å². The Morgan fingerprint density at radius 1 is 0.564 bits per heavy atom. The van der Waals surface area contributed by atoms with E-state index in [1.807, 2.05) is 12.2 Å². The summed E-state index contributed by atoms with van der Waals surface area (Å²) >= 11 is 0. The van der Waals surface area contributed by atoms with Gasteiger partial charge in [0.1, 0.15) is 12.6 Å². The number of phosphoric acid groups is 1. The van der Waals surface area contributed by atoms with E-state index in [1.54, 1.807) is 0 Å². The molecule has 0 rings (SSSR count). The van der Waals surface area contributed by atoms with Crippen LogP contribution in [0.1, 0.15) is 162 Å². The first-order chi connectivity index (χ1) is 26.6. The number of phosphoric ester groups is 1. The van der Waals surface area contributed by atoms with Crippen molar-refractivity contribution in [2.75, 3.05) is 19.8 Å². The van der Waals surface area contributed by atoms with Gasteiger partial charge in [-0.25, -0.2) is 4.57 Å². The summed E-state index contributed by atoms with van der Waals surface area (Å²) in [6.45, 7) is 2.68. The number of aliphatic carboxylic acids is 1. The third kappa shape index (κ3) is 37.9. The van der Waals surface area contributed by atoms with Crippen molar-refractivity contribution in [2.45, 2.75) is 174 Å². The standard InChI is InChI=1S/C43H74NO10P/c1-3-5-7-9-11-13-15-17-19-20-21-23-24-26-28-30-32-34-41(45)51-36-39(37-52-55(49,50)53-38-40(44)43(47)48)54-42(46)35-33-31-29-27-25-22-18-16-14-12-10-8-6-4-2/h11,13,16-19,21,23,26,28,39-40H,3-10,12,14-15,20,22,24-25,27,29-38,44H2,1-2H3,(H,47,48)(H,49,50)/b13-11-,18-16-,19-17-,23-21-,28-26-/t39-,40+/m1/s1. The van der Waals surface area contributed by atoms with E-state index in [2.05, 4.69) is 67.0 Å². The lowest BCUT2D eigenvalue weighted by molar-refractivity contribution is -0.161. The van der Waals surface area contributed by atoms with Crippen molar-refractivity contribution in [2.24, 2.45) is 5.73 Å². The minimum Gasteiger partial charge on any atom is -0.480 e. The number of unbranched alkanes of at least 4 members (excludes halogenated alkanes) is 14. The van der Waals surface area contributed by atoms with Gasteiger partial charge in [-0.1, -0.05) is 132 Å². The van der Waals surface area contributed by atoms with E-state index in [0.717, 1.165) is 64.2 Å². The maximum atomic E-state index is 12.6. The molecule has 0 saturated carbocycles. The second-order valence-corrected chi connectivity index (χ2v) is 15.2. The summed E-state index contributed by atoms with van der Waals surface area (Å²) in [6.07, 6.45) is 42.9. The van der Waals surface area contributed by atoms with Crippen LogP contribution in [0.3, 0.4) is 0 Å². The fourth-order valence-electron chi connectivity index (χ4n) is 5.17. The minimum atomic E-state index is -4.73. The molecular weight excluding hydrogens is 721 g/mol. The number of nitrogens with two attached hydrogens (primary N) is 1. The first-order valence-corrected chi connectivity index (χ1v) is 22.3. The third-order valence-electron chi connectivity index (χ3n) is 8.49. The van der Waals surface area contributed by atoms with Gasteiger partial charge in [0.25, 0.3) is 0 Å². The van der Waals surface area contributed by atoms with Gasteiger partial charge >= 0.3 is 25.7 Å². The van der Waals surface area contributed by atoms with E-state index >= 15 is 0 Å². The van der Waals surface area contributed by atoms with Gasteiger partial charge in [-0.05, 0) is 77.0 Å². The lowest BCUT2D eigenvalue weighted by atomic mass is 10.1. The highest BCUT2D eigenvalue weighted by atomic mass is 31.2. The van der Waals surface area contributed by atoms with E-state index in [4.69, 9.17) is 24.8 Å². The molecule has 55 heavy (non-hydrogen) atoms. The molecule has 1 unspecified atom stereocenters. The number of carbonyl (C=O) groups is 3. The van der Waals surface area contributed by atoms with Crippen LogP contribution in [-0.4, -0.2) is 59.9 Å². The Labute approximate surface area is 332 Å². The maximum Gasteiger partial charge on any atom is 0.472 e. The number of hydrogen-bond donors (Lipinski definition) is 3. The quantitative estimate of drug-likeness (QED) is 0.0235. The van der Waals surface area contributed by atoms with Gasteiger partial charge in [-0.2, -0.15) is 0 Å². The zero-order valence-electron chi connectivity index (χ0n) is 34.0. The first kappa shape index (κ1) is 52.2. The van der Waals surface area contributed by atoms with Gasteiger partial charge in [0.05, 0.1) is 13.2 Å². The van der Waals surface area contributed by atoms with Crippen molar-refractivity contribution >= 4 is 25.7 Å². The summed E-state index contributed by atoms with van der Waals surface area (Å²) in [7, 11) is -4.73. The van der Waals surface area contributed by atoms with Crippen LogP contribution in [0.4, 0.5) is 0 Å². The summed E-state index contributed by atoms with van der Waals surface area (Å²) in [5.74, 6) is -2.47. The average Bonchev–Trinajstić information content (AvgIpc) is 3.16. The Morgan fingerprint density at radius 3 is 1.55 bits per heavy atom. The highest BCUT2D eigenvalue weighted by Crippen LogP contribution is 2.43. The Morgan fingerprint density at radius 2 is 0.982 bits per heavy atom. The molecule has 0 aromatic rings. The number of allylic oxidation sites excluding steroid dienone is 10. The van der Waals surface area contributed by atoms with Crippen molar-refractivity contribution in [1.82, 2.24) is 0 Å². The Hall–Kier alpha value is -2.82. The number of carboxylic acid groups (broad SMARTS) is 1. The monoisotopic (exact) mass is 796 g/mol. The predicted molar refractivity (Wildman–Crippen MR) is 221 cm³/mol. The Balaban J connectivity index is 4.51. The minimum absolute atomic E-state index is 0.137. The number of carbonyl (C=O) groups excluding carboxylic acids is 2. The molecule has 4 N–H and O–H groups in total. The molecule has 3 atom stereocenters. The summed E-state index contributed by atoms with van der Waals surface area (Å²) in [5, 5.41) is 8.87. The van der Waals surface area contributed by atoms with Crippen LogP contribution in [0.2, 0.25) is 0 Å². The van der Waals surface area contributed by atoms with Gasteiger partial charge < -0.3 is 25.2 Å². The van der Waals surface area contributed by atoms with Crippen LogP contribution in [0.25, 0.3) is 0 Å². The molecule has 12 heteroatoms. The molecule has 0 fully saturated rings. The lowest BCUT2D eigenvalue weighted by Crippen LogP contribution is -2.34. The number of esters is 2. The zero-order chi connectivity index (χ0) is 40.7. The second kappa shape index (κ2) is 38.1. The maximum absolute atomic E-state index is 12.6. The molecule has 0 bridgehead atoms. The molecule has 11 nitrogen and oxygen atoms in total. The Kier molecular flexibility index (Phi) is 36.1. The van der Waals surface area contributed by atoms with Crippen molar-refractivity contribution in [3.63, 3.8) is 0 Å². The van der Waals surface area contributed by atoms with Crippen LogP contribution >= 0.6 is 7.82 Å². The van der Waals surface area contributed by atoms with Crippen molar-refractivity contribution < 1.29 is 47.5 Å². The third-order valence-corrected chi connectivity index (χ3v) is 9.44. The van der Waals surface area contributed by atoms with Gasteiger partial charge in [0.2, 0.25) is 0 Å². The highest BCUT2D eigenvalue weighted by Gasteiger charge is 2.28. The molecule has 316 valence electrons. The molecular formula is C43H74NO10P. The molecule has 0 aliphatic rings. The van der Waals surface area contributed by atoms with Crippen LogP contribution in [-0.2, 0) is 37.5 Å². The van der Waals surface area contributed by atoms with Crippen molar-refractivity contribution in [3.05, 3.63) is 60.8 Å². The normalized spacial score (nSPS) is 14.4. The summed E-state index contributed by atoms with van der Waals surface area (Å²) in [5.41, 5.74) is 5.32. The summed E-state index contributed by atoms with van der Waals surface area (Å²) < 4.78 is 32.6. The lowest BCUT2D eigenvalue weighted by Gasteiger charge is -2.20. The van der Waals surface area contributed by atoms with Crippen LogP contribution in [0, 0.1) is 0 Å². The molecule has 0 aromatic carbocycles. The molecule has 0 radical (unpaired) electrons. The summed E-state index contributed by atoms with van der Waals surface area (Å²) in [6, 6.07) is -1.53. The number of ether oxygens (including phenoxy) is 2. The highest BCUT2D eigenvalue weighted by molar-refractivity contribution is 7.47. The van der Waals surface area contributed by atoms with Crippen LogP contribution in [0.5, 0.6) is 0 Å². The molecule has 0 saturated heterocycles. The zero-order valence-corrected chi connectivity index (χ0v) is 34.9. The number of rotatable bonds is 38. The molecule has 0 aliphatic carbocycles. The van der Waals surface area contributed by atoms with Gasteiger partial charge in [-0.3, -0.25) is 23.4 Å². The van der Waals surface area contributed by atoms with Crippen LogP contribution in [0.15, 0.2) is 60.8 Å². The fraction of sp³-hybridized carbons (Fsp3) is 0.698. The largest absolute Gasteiger partial charge is 0.480 e. The topological polar surface area (TPSA) is 172 Å². The van der Waals surface area contributed by atoms with Gasteiger partial charge in [-0.15, -0.1) is 0 Å². The molecule has 0 heterocycles. The van der Waals surface area contributed by atoms with E-state index < -0.39 is 51.1 Å². The first-order valence-electron chi connectivity index (χ1n) is 20.8. The molecule has 0 aliphatic heterocycles. The Bertz CT molecular complexity index is 1170. The molecule has 0 spiro atoms. The summed E-state index contributed by atoms with van der Waals surface area (Å²) in [4.78, 5) is 45.8. The number of carboxylic acids is 1. The van der Waals surface area contributed by atoms with E-state index in [9.17, 15) is 23.8 Å². The molecule has 0 aromatic heterocycles. The smallest absolute Gasteiger partial charge is 0.472 e. The SMILES string of the molecule is CCCCC/C=C\C/C=C\C/C=C\C/C=C\CCCC(=O)OC[C@H](COP(=O)(O)OC[C@H](N)C(=O)O)OC(=O)CCCCCCC/C=C\CCCCCCC. The van der Waals surface area contributed by atoms with Gasteiger partial charge in [0.15, 0.2) is 6.10 Å². The van der Waals surface area contributed by atoms with Crippen molar-refractivity contribution in [1.29, 1.82) is 0 Å². The second-order valence-electron chi connectivity index (χ2n) is 13.8. The van der Waals surface area contributed by atoms with E-state index in [1.165, 1.54) is 51.4 Å². The molecule has 0 amide bonds. The average molecular weight is 796 g/mol. The van der Waals surface area contributed by atoms with Gasteiger partial charge in [0, 0.05) is 12.8 Å². The predicted octanol–water partition coefficient (Wildman–Crippen LogP) is 10.8. The van der Waals surface area contributed by atoms with Crippen molar-refractivity contribution in [3.8, 4) is 0 Å². The number of hydrogen-bond acceptors (Lipinski definition) is 9. The van der Waals surface area contributed by atoms with E-state index in [0.29, 0.717) is 19.3 Å². The van der Waals surface area contributed by atoms with Crippen LogP contribution < -0.4 is 5.73 Å².